The van der Waals surface area contributed by atoms with Crippen molar-refractivity contribution >= 4 is 64.6 Å². The van der Waals surface area contributed by atoms with Gasteiger partial charge in [-0.3, -0.25) is 0 Å². The molecule has 0 spiro atoms. The van der Waals surface area contributed by atoms with Crippen LogP contribution in [0.4, 0.5) is 0 Å². The smallest absolute Gasteiger partial charge is 0.00175 e. The maximum atomic E-state index is 2.35. The molecule has 0 aliphatic rings. The molecule has 8 aromatic carbocycles. The number of fused-ring (bicyclic) bond motifs is 12. The molecule has 0 aromatic heterocycles. The molecule has 0 bridgehead atoms. The zero-order valence-electron chi connectivity index (χ0n) is 21.5. The second-order valence-electron chi connectivity index (χ2n) is 10.5. The van der Waals surface area contributed by atoms with Crippen LogP contribution >= 0.6 is 0 Å². The molecule has 0 amide bonds. The average molecular weight is 483 g/mol. The first-order chi connectivity index (χ1) is 18.7. The third kappa shape index (κ3) is 2.80. The van der Waals surface area contributed by atoms with Crippen LogP contribution in [0.25, 0.3) is 75.8 Å². The fraction of sp³-hybridized carbons (Fsp3) is 0.0526. The third-order valence-corrected chi connectivity index (χ3v) is 8.48. The summed E-state index contributed by atoms with van der Waals surface area (Å²) in [6.45, 7) is 4.51. The SMILES string of the molecule is Cc1ccc(-c2ccc(C)c3c4ccccc4c4ccccc4c23)c2c3ccccc3c3ccccc3c12. The summed E-state index contributed by atoms with van der Waals surface area (Å²) < 4.78 is 0. The van der Waals surface area contributed by atoms with E-state index in [1.807, 2.05) is 0 Å². The Bertz CT molecular complexity index is 2090. The molecule has 0 aliphatic carbocycles. The Balaban J connectivity index is 1.67. The summed E-state index contributed by atoms with van der Waals surface area (Å²) in [4.78, 5) is 0. The molecule has 0 saturated carbocycles. The third-order valence-electron chi connectivity index (χ3n) is 8.48. The minimum Gasteiger partial charge on any atom is -0.0616 e. The summed E-state index contributed by atoms with van der Waals surface area (Å²) in [5.74, 6) is 0. The van der Waals surface area contributed by atoms with Crippen molar-refractivity contribution in [1.82, 2.24) is 0 Å². The van der Waals surface area contributed by atoms with Gasteiger partial charge in [0.2, 0.25) is 0 Å². The van der Waals surface area contributed by atoms with Crippen molar-refractivity contribution in [2.45, 2.75) is 13.8 Å². The zero-order chi connectivity index (χ0) is 25.4. The van der Waals surface area contributed by atoms with Gasteiger partial charge in [0.15, 0.2) is 0 Å². The van der Waals surface area contributed by atoms with Crippen LogP contribution in [0.1, 0.15) is 11.1 Å². The van der Waals surface area contributed by atoms with Crippen LogP contribution in [-0.4, -0.2) is 0 Å². The minimum absolute atomic E-state index is 1.30. The maximum absolute atomic E-state index is 2.35. The van der Waals surface area contributed by atoms with Crippen LogP contribution in [-0.2, 0) is 0 Å². The van der Waals surface area contributed by atoms with Gasteiger partial charge in [-0.15, -0.1) is 0 Å². The molecule has 0 N–H and O–H groups in total. The van der Waals surface area contributed by atoms with Gasteiger partial charge in [-0.05, 0) is 101 Å². The number of hydrogen-bond donors (Lipinski definition) is 0. The first-order valence-corrected chi connectivity index (χ1v) is 13.4. The molecule has 0 saturated heterocycles. The van der Waals surface area contributed by atoms with Crippen LogP contribution in [0.5, 0.6) is 0 Å². The summed E-state index contributed by atoms with van der Waals surface area (Å²) in [5.41, 5.74) is 5.24. The average Bonchev–Trinajstić information content (AvgIpc) is 2.97. The van der Waals surface area contributed by atoms with Crippen molar-refractivity contribution in [3.05, 3.63) is 132 Å². The Labute approximate surface area is 221 Å². The van der Waals surface area contributed by atoms with Crippen LogP contribution in [0.3, 0.4) is 0 Å². The highest BCUT2D eigenvalue weighted by Crippen LogP contribution is 2.46. The second kappa shape index (κ2) is 7.91. The first-order valence-electron chi connectivity index (χ1n) is 13.4. The van der Waals surface area contributed by atoms with Gasteiger partial charge in [-0.25, -0.2) is 0 Å². The number of rotatable bonds is 1. The van der Waals surface area contributed by atoms with Gasteiger partial charge in [0.1, 0.15) is 0 Å². The quantitative estimate of drug-likeness (QED) is 0.204. The van der Waals surface area contributed by atoms with Gasteiger partial charge in [-0.2, -0.15) is 0 Å². The molecule has 0 aliphatic heterocycles. The molecule has 0 radical (unpaired) electrons. The van der Waals surface area contributed by atoms with E-state index in [9.17, 15) is 0 Å². The predicted molar refractivity (Wildman–Crippen MR) is 166 cm³/mol. The Morgan fingerprint density at radius 1 is 0.263 bits per heavy atom. The monoisotopic (exact) mass is 482 g/mol. The van der Waals surface area contributed by atoms with Gasteiger partial charge >= 0.3 is 0 Å². The Morgan fingerprint density at radius 3 is 0.842 bits per heavy atom. The molecule has 0 nitrogen and oxygen atoms in total. The van der Waals surface area contributed by atoms with E-state index in [0.717, 1.165) is 0 Å². The van der Waals surface area contributed by atoms with Gasteiger partial charge in [0.05, 0.1) is 0 Å². The summed E-state index contributed by atoms with van der Waals surface area (Å²) in [6, 6.07) is 44.9. The van der Waals surface area contributed by atoms with Crippen LogP contribution < -0.4 is 0 Å². The van der Waals surface area contributed by atoms with Crippen LogP contribution in [0.15, 0.2) is 121 Å². The van der Waals surface area contributed by atoms with Crippen molar-refractivity contribution in [3.63, 3.8) is 0 Å². The summed E-state index contributed by atoms with van der Waals surface area (Å²) in [7, 11) is 0. The molecule has 0 atom stereocenters. The summed E-state index contributed by atoms with van der Waals surface area (Å²) in [6.07, 6.45) is 0. The van der Waals surface area contributed by atoms with Crippen LogP contribution in [0, 0.1) is 13.8 Å². The number of aryl methyl sites for hydroxylation is 2. The van der Waals surface area contributed by atoms with Crippen molar-refractivity contribution < 1.29 is 0 Å². The normalized spacial score (nSPS) is 11.9. The summed E-state index contributed by atoms with van der Waals surface area (Å²) in [5, 5.41) is 16.0. The highest BCUT2D eigenvalue weighted by atomic mass is 14.2. The predicted octanol–water partition coefficient (Wildman–Crippen LogP) is 10.9. The van der Waals surface area contributed by atoms with Crippen molar-refractivity contribution in [2.24, 2.45) is 0 Å². The molecular weight excluding hydrogens is 456 g/mol. The topological polar surface area (TPSA) is 0 Å². The number of hydrogen-bond acceptors (Lipinski definition) is 0. The maximum Gasteiger partial charge on any atom is -0.00175 e. The van der Waals surface area contributed by atoms with E-state index < -0.39 is 0 Å². The van der Waals surface area contributed by atoms with E-state index in [2.05, 4.69) is 135 Å². The minimum atomic E-state index is 1.30. The van der Waals surface area contributed by atoms with Gasteiger partial charge < -0.3 is 0 Å². The molecule has 0 unspecified atom stereocenters. The largest absolute Gasteiger partial charge is 0.0616 e. The van der Waals surface area contributed by atoms with Gasteiger partial charge in [0, 0.05) is 0 Å². The van der Waals surface area contributed by atoms with Crippen LogP contribution in [0.2, 0.25) is 0 Å². The Morgan fingerprint density at radius 2 is 0.526 bits per heavy atom. The highest BCUT2D eigenvalue weighted by Gasteiger charge is 2.19. The van der Waals surface area contributed by atoms with E-state index >= 15 is 0 Å². The van der Waals surface area contributed by atoms with Crippen molar-refractivity contribution in [3.8, 4) is 11.1 Å². The molecule has 0 heteroatoms. The summed E-state index contributed by atoms with van der Waals surface area (Å²) >= 11 is 0. The zero-order valence-corrected chi connectivity index (χ0v) is 21.5. The van der Waals surface area contributed by atoms with E-state index in [0.29, 0.717) is 0 Å². The van der Waals surface area contributed by atoms with E-state index in [1.54, 1.807) is 0 Å². The van der Waals surface area contributed by atoms with E-state index in [-0.39, 0.29) is 0 Å². The lowest BCUT2D eigenvalue weighted by Gasteiger charge is -2.20. The Kier molecular flexibility index (Phi) is 4.46. The molecule has 38 heavy (non-hydrogen) atoms. The van der Waals surface area contributed by atoms with Crippen molar-refractivity contribution in [2.75, 3.05) is 0 Å². The molecule has 8 rings (SSSR count). The standard InChI is InChI=1S/C38H26/c1-23-19-21-33(37-31-17-9-5-13-27(31)25-11-3-7-15-29(25)35(23)37)34-22-20-24(2)36-30-16-8-4-12-26(30)28-14-6-10-18-32(28)38(34)36/h3-22H,1-2H3. The first kappa shape index (κ1) is 21.4. The molecule has 8 aromatic rings. The lowest BCUT2D eigenvalue weighted by molar-refractivity contribution is 1.53. The fourth-order valence-electron chi connectivity index (χ4n) is 6.86. The van der Waals surface area contributed by atoms with Gasteiger partial charge in [-0.1, -0.05) is 121 Å². The molecule has 178 valence electrons. The molecular formula is C38H26. The van der Waals surface area contributed by atoms with Gasteiger partial charge in [0.25, 0.3) is 0 Å². The second-order valence-corrected chi connectivity index (χ2v) is 10.5. The lowest BCUT2D eigenvalue weighted by atomic mass is 9.83. The number of benzene rings is 8. The highest BCUT2D eigenvalue weighted by molar-refractivity contribution is 6.33. The van der Waals surface area contributed by atoms with Crippen molar-refractivity contribution in [1.29, 1.82) is 0 Å². The van der Waals surface area contributed by atoms with E-state index in [4.69, 9.17) is 0 Å². The van der Waals surface area contributed by atoms with E-state index in [1.165, 1.54) is 86.9 Å². The molecule has 0 fully saturated rings. The lowest BCUT2D eigenvalue weighted by Crippen LogP contribution is -1.93. The Hall–Kier alpha value is -4.68. The molecule has 0 heterocycles. The fourth-order valence-corrected chi connectivity index (χ4v) is 6.86.